The molecular formula is C29H18F4N6O2S. The van der Waals surface area contributed by atoms with Crippen LogP contribution in [0.3, 0.4) is 0 Å². The number of tetrazole rings is 1. The Labute approximate surface area is 240 Å². The number of pyridine rings is 1. The lowest BCUT2D eigenvalue weighted by atomic mass is 9.84. The molecule has 5 aromatic rings. The molecule has 0 aliphatic carbocycles. The van der Waals surface area contributed by atoms with Crippen LogP contribution in [0.1, 0.15) is 32.8 Å². The Hall–Kier alpha value is -5.11. The van der Waals surface area contributed by atoms with Crippen LogP contribution in [0.4, 0.5) is 17.6 Å². The Morgan fingerprint density at radius 2 is 1.74 bits per heavy atom. The molecule has 0 spiro atoms. The average molecular weight is 591 g/mol. The molecule has 0 fully saturated rings. The van der Waals surface area contributed by atoms with Crippen molar-refractivity contribution in [3.63, 3.8) is 0 Å². The van der Waals surface area contributed by atoms with E-state index < -0.39 is 41.0 Å². The molecule has 0 aliphatic rings. The number of rotatable bonds is 8. The van der Waals surface area contributed by atoms with Gasteiger partial charge in [-0.2, -0.15) is 14.0 Å². The second kappa shape index (κ2) is 11.8. The Bertz CT molecular complexity index is 1790. The molecule has 1 atom stereocenters. The van der Waals surface area contributed by atoms with E-state index in [-0.39, 0.29) is 0 Å². The number of halogens is 4. The number of aliphatic hydroxyl groups is 1. The quantitative estimate of drug-likeness (QED) is 0.201. The molecule has 3 aromatic heterocycles. The van der Waals surface area contributed by atoms with Gasteiger partial charge in [-0.15, -0.1) is 5.10 Å². The summed E-state index contributed by atoms with van der Waals surface area (Å²) in [6, 6.07) is 16.8. The molecule has 1 N–H and O–H groups in total. The van der Waals surface area contributed by atoms with Crippen molar-refractivity contribution in [2.24, 2.45) is 0 Å². The Morgan fingerprint density at radius 3 is 2.38 bits per heavy atom. The first-order chi connectivity index (χ1) is 20.2. The van der Waals surface area contributed by atoms with Gasteiger partial charge in [0.2, 0.25) is 0 Å². The highest BCUT2D eigenvalue weighted by Gasteiger charge is 2.58. The van der Waals surface area contributed by atoms with E-state index in [1.165, 1.54) is 17.4 Å². The summed E-state index contributed by atoms with van der Waals surface area (Å²) in [6.07, 6.45) is 2.08. The first-order valence-electron chi connectivity index (χ1n) is 12.1. The second-order valence-electron chi connectivity index (χ2n) is 8.96. The summed E-state index contributed by atoms with van der Waals surface area (Å²) >= 11 is 1.25. The number of benzene rings is 2. The van der Waals surface area contributed by atoms with E-state index in [9.17, 15) is 13.9 Å². The van der Waals surface area contributed by atoms with Crippen molar-refractivity contribution in [2.75, 3.05) is 0 Å². The van der Waals surface area contributed by atoms with Crippen molar-refractivity contribution in [1.82, 2.24) is 25.2 Å². The molecule has 0 amide bonds. The van der Waals surface area contributed by atoms with Gasteiger partial charge in [0.25, 0.3) is 0 Å². The number of hydrogen-bond donors (Lipinski definition) is 1. The van der Waals surface area contributed by atoms with Crippen molar-refractivity contribution < 1.29 is 27.4 Å². The first kappa shape index (κ1) is 28.4. The number of alkyl halides is 2. The van der Waals surface area contributed by atoms with Crippen LogP contribution in [0.2, 0.25) is 0 Å². The zero-order chi connectivity index (χ0) is 29.7. The average Bonchev–Trinajstić information content (AvgIpc) is 3.67. The minimum absolute atomic E-state index is 0.306. The van der Waals surface area contributed by atoms with Gasteiger partial charge < -0.3 is 9.84 Å². The second-order valence-corrected chi connectivity index (χ2v) is 10.0. The van der Waals surface area contributed by atoms with Gasteiger partial charge in [0.1, 0.15) is 41.2 Å². The Kier molecular flexibility index (Phi) is 7.97. The largest absolute Gasteiger partial charge is 0.479 e. The molecule has 3 heterocycles. The van der Waals surface area contributed by atoms with Gasteiger partial charge in [-0.1, -0.05) is 35.3 Å². The van der Waals surface area contributed by atoms with Gasteiger partial charge in [0, 0.05) is 29.0 Å². The molecule has 0 aliphatic heterocycles. The van der Waals surface area contributed by atoms with Gasteiger partial charge in [-0.3, -0.25) is 4.98 Å². The molecule has 0 saturated heterocycles. The summed E-state index contributed by atoms with van der Waals surface area (Å²) in [6.45, 7) is -0.645. The third-order valence-electron chi connectivity index (χ3n) is 6.14. The van der Waals surface area contributed by atoms with Crippen LogP contribution in [0.15, 0.2) is 79.3 Å². The highest BCUT2D eigenvalue weighted by Crippen LogP contribution is 2.46. The van der Waals surface area contributed by atoms with Gasteiger partial charge >= 0.3 is 5.92 Å². The number of aromatic nitrogens is 5. The fraction of sp³-hybridized carbons (Fsp3) is 0.138. The summed E-state index contributed by atoms with van der Waals surface area (Å²) < 4.78 is 66.4. The Morgan fingerprint density at radius 1 is 0.976 bits per heavy atom. The maximum Gasteiger partial charge on any atom is 0.323 e. The molecule has 210 valence electrons. The number of hydrogen-bond acceptors (Lipinski definition) is 8. The van der Waals surface area contributed by atoms with E-state index in [4.69, 9.17) is 10.00 Å². The SMILES string of the molecule is N#Cc1ccc(OCc2ccc(C#Cc3ccc(C(F)(F)C(O)(Cn4cnnn4)c4ccc(F)cc4F)nc3)cc2)s1. The van der Waals surface area contributed by atoms with Crippen molar-refractivity contribution in [3.05, 3.63) is 124 Å². The third kappa shape index (κ3) is 5.98. The van der Waals surface area contributed by atoms with E-state index in [1.54, 1.807) is 24.3 Å². The number of ether oxygens (including phenoxy) is 1. The van der Waals surface area contributed by atoms with Crippen molar-refractivity contribution in [1.29, 1.82) is 5.26 Å². The molecule has 13 heteroatoms. The fourth-order valence-corrected chi connectivity index (χ4v) is 4.62. The van der Waals surface area contributed by atoms with Crippen LogP contribution >= 0.6 is 11.3 Å². The summed E-state index contributed by atoms with van der Waals surface area (Å²) in [5.74, 6) is -0.781. The number of thiophene rings is 1. The lowest BCUT2D eigenvalue weighted by molar-refractivity contribution is -0.207. The molecule has 5 rings (SSSR count). The molecule has 2 aromatic carbocycles. The predicted molar refractivity (Wildman–Crippen MR) is 142 cm³/mol. The van der Waals surface area contributed by atoms with Gasteiger partial charge in [0.05, 0.1) is 6.54 Å². The van der Waals surface area contributed by atoms with Gasteiger partial charge in [-0.25, -0.2) is 13.5 Å². The van der Waals surface area contributed by atoms with E-state index in [0.717, 1.165) is 41.0 Å². The lowest BCUT2D eigenvalue weighted by Crippen LogP contribution is -2.48. The van der Waals surface area contributed by atoms with Gasteiger partial charge in [0.15, 0.2) is 10.7 Å². The summed E-state index contributed by atoms with van der Waals surface area (Å²) in [7, 11) is 0. The van der Waals surface area contributed by atoms with E-state index in [1.807, 2.05) is 12.1 Å². The van der Waals surface area contributed by atoms with Crippen LogP contribution in [-0.2, 0) is 24.7 Å². The molecule has 1 unspecified atom stereocenters. The number of nitrogens with zero attached hydrogens (tertiary/aromatic N) is 6. The summed E-state index contributed by atoms with van der Waals surface area (Å²) in [5, 5.41) is 31.0. The van der Waals surface area contributed by atoms with Crippen molar-refractivity contribution >= 4 is 11.3 Å². The highest BCUT2D eigenvalue weighted by atomic mass is 32.1. The van der Waals surface area contributed by atoms with E-state index in [2.05, 4.69) is 38.4 Å². The zero-order valence-electron chi connectivity index (χ0n) is 21.4. The third-order valence-corrected chi connectivity index (χ3v) is 7.04. The smallest absolute Gasteiger partial charge is 0.323 e. The normalized spacial score (nSPS) is 12.6. The molecule has 0 radical (unpaired) electrons. The molecule has 0 bridgehead atoms. The predicted octanol–water partition coefficient (Wildman–Crippen LogP) is 4.94. The van der Waals surface area contributed by atoms with Crippen LogP contribution in [0, 0.1) is 34.8 Å². The maximum atomic E-state index is 15.9. The standard InChI is InChI=1S/C29H18F4N6O2S/c30-22-8-10-24(25(31)13-22)28(40,17-39-18-36-37-38-39)29(32,33)26-11-7-20(15-35-26)4-1-19-2-5-21(6-3-19)16-41-27-12-9-23(14-34)42-27/h2-3,5-13,15,18,40H,16-17H2. The topological polar surface area (TPSA) is 110 Å². The maximum absolute atomic E-state index is 15.9. The van der Waals surface area contributed by atoms with Crippen LogP contribution in [-0.4, -0.2) is 30.3 Å². The monoisotopic (exact) mass is 590 g/mol. The molecule has 8 nitrogen and oxygen atoms in total. The molecular weight excluding hydrogens is 572 g/mol. The Balaban J connectivity index is 1.33. The first-order valence-corrected chi connectivity index (χ1v) is 13.0. The van der Waals surface area contributed by atoms with Crippen LogP contribution in [0.5, 0.6) is 5.06 Å². The number of nitriles is 1. The van der Waals surface area contributed by atoms with Crippen molar-refractivity contribution in [2.45, 2.75) is 24.7 Å². The highest BCUT2D eigenvalue weighted by molar-refractivity contribution is 7.14. The van der Waals surface area contributed by atoms with Crippen molar-refractivity contribution in [3.8, 4) is 23.0 Å². The van der Waals surface area contributed by atoms with Crippen LogP contribution < -0.4 is 4.74 Å². The van der Waals surface area contributed by atoms with Crippen LogP contribution in [0.25, 0.3) is 0 Å². The zero-order valence-corrected chi connectivity index (χ0v) is 22.2. The summed E-state index contributed by atoms with van der Waals surface area (Å²) in [5.41, 5.74) is -3.11. The minimum Gasteiger partial charge on any atom is -0.479 e. The minimum atomic E-state index is -4.17. The van der Waals surface area contributed by atoms with E-state index >= 15 is 8.78 Å². The lowest BCUT2D eigenvalue weighted by Gasteiger charge is -2.35. The molecule has 0 saturated carbocycles. The van der Waals surface area contributed by atoms with E-state index in [0.29, 0.717) is 33.7 Å². The van der Waals surface area contributed by atoms with Gasteiger partial charge in [-0.05, 0) is 64.5 Å². The fourth-order valence-electron chi connectivity index (χ4n) is 3.97. The molecule has 42 heavy (non-hydrogen) atoms. The summed E-state index contributed by atoms with van der Waals surface area (Å²) in [4.78, 5) is 4.36.